The van der Waals surface area contributed by atoms with Crippen molar-refractivity contribution in [3.63, 3.8) is 0 Å². The summed E-state index contributed by atoms with van der Waals surface area (Å²) < 4.78 is 21.8. The second-order valence-electron chi connectivity index (χ2n) is 8.86. The van der Waals surface area contributed by atoms with E-state index in [0.29, 0.717) is 12.4 Å². The summed E-state index contributed by atoms with van der Waals surface area (Å²) in [6, 6.07) is 4.66. The largest absolute Gasteiger partial charge is 0.499 e. The molecule has 1 aliphatic rings. The number of hydrogen-bond acceptors (Lipinski definition) is 10. The molecule has 196 valence electrons. The van der Waals surface area contributed by atoms with Gasteiger partial charge in [-0.15, -0.1) is 0 Å². The van der Waals surface area contributed by atoms with Gasteiger partial charge in [0.05, 0.1) is 18.6 Å². The zero-order chi connectivity index (χ0) is 25.4. The Balaban J connectivity index is 1.65. The molecular weight excluding hydrogens is 460 g/mol. The Morgan fingerprint density at radius 3 is 2.31 bits per heavy atom. The van der Waals surface area contributed by atoms with Crippen molar-refractivity contribution in [2.24, 2.45) is 0 Å². The molecule has 1 saturated heterocycles. The molecule has 2 heterocycles. The predicted octanol–water partition coefficient (Wildman–Crippen LogP) is 2.20. The number of aromatic hydroxyl groups is 1. The standard InChI is InChI=1S/C25H36O10/c1-2-3-4-5-6-7-8-9-12-32-15-10-11-16-17(13-15)33-24(31)22(30)23(16)35-25-21(29)20(28)19(27)18(14-26)34-25/h10-11,13,18-21,25-30H,2-9,12,14H2,1H3/t18-,19-,20+,21+,25-/m1/s1. The highest BCUT2D eigenvalue weighted by Gasteiger charge is 2.45. The maximum Gasteiger partial charge on any atom is 0.382 e. The van der Waals surface area contributed by atoms with Gasteiger partial charge in [0.1, 0.15) is 35.7 Å². The van der Waals surface area contributed by atoms with Crippen molar-refractivity contribution in [1.29, 1.82) is 0 Å². The lowest BCUT2D eigenvalue weighted by molar-refractivity contribution is -0.277. The van der Waals surface area contributed by atoms with E-state index in [4.69, 9.17) is 18.6 Å². The summed E-state index contributed by atoms with van der Waals surface area (Å²) in [6.07, 6.45) is 1.71. The van der Waals surface area contributed by atoms with Crippen molar-refractivity contribution >= 4 is 11.0 Å². The number of aliphatic hydroxyl groups excluding tert-OH is 4. The molecule has 5 atom stereocenters. The van der Waals surface area contributed by atoms with Crippen LogP contribution in [-0.2, 0) is 4.74 Å². The Morgan fingerprint density at radius 1 is 0.943 bits per heavy atom. The molecule has 0 unspecified atom stereocenters. The van der Waals surface area contributed by atoms with E-state index in [1.807, 2.05) is 0 Å². The predicted molar refractivity (Wildman–Crippen MR) is 127 cm³/mol. The molecule has 0 radical (unpaired) electrons. The van der Waals surface area contributed by atoms with Gasteiger partial charge in [0.25, 0.3) is 0 Å². The third-order valence-electron chi connectivity index (χ3n) is 6.16. The summed E-state index contributed by atoms with van der Waals surface area (Å²) in [5.74, 6) is -0.689. The van der Waals surface area contributed by atoms with Gasteiger partial charge in [-0.05, 0) is 18.6 Å². The van der Waals surface area contributed by atoms with E-state index < -0.39 is 48.7 Å². The van der Waals surface area contributed by atoms with Crippen LogP contribution in [-0.4, -0.2) is 69.5 Å². The van der Waals surface area contributed by atoms with Crippen LogP contribution in [0.5, 0.6) is 17.2 Å². The Morgan fingerprint density at radius 2 is 1.63 bits per heavy atom. The lowest BCUT2D eigenvalue weighted by atomic mass is 9.99. The second-order valence-corrected chi connectivity index (χ2v) is 8.86. The van der Waals surface area contributed by atoms with Crippen molar-refractivity contribution in [3.05, 3.63) is 28.6 Å². The molecule has 0 aliphatic carbocycles. The molecule has 3 rings (SSSR count). The Bertz CT molecular complexity index is 988. The van der Waals surface area contributed by atoms with E-state index in [0.717, 1.165) is 19.3 Å². The summed E-state index contributed by atoms with van der Waals surface area (Å²) in [5, 5.41) is 49.9. The lowest BCUT2D eigenvalue weighted by Crippen LogP contribution is -2.60. The molecule has 1 aromatic heterocycles. The van der Waals surface area contributed by atoms with Crippen molar-refractivity contribution in [2.45, 2.75) is 89.0 Å². The summed E-state index contributed by atoms with van der Waals surface area (Å²) in [7, 11) is 0. The molecule has 1 aromatic carbocycles. The van der Waals surface area contributed by atoms with Gasteiger partial charge >= 0.3 is 5.63 Å². The van der Waals surface area contributed by atoms with Crippen molar-refractivity contribution < 1.29 is 44.2 Å². The lowest BCUT2D eigenvalue weighted by Gasteiger charge is -2.39. The first-order valence-corrected chi connectivity index (χ1v) is 12.3. The van der Waals surface area contributed by atoms with Gasteiger partial charge in [-0.3, -0.25) is 0 Å². The number of fused-ring (bicyclic) bond motifs is 1. The van der Waals surface area contributed by atoms with Gasteiger partial charge < -0.3 is 44.2 Å². The highest BCUT2D eigenvalue weighted by atomic mass is 16.7. The van der Waals surface area contributed by atoms with E-state index in [2.05, 4.69) is 6.92 Å². The molecule has 5 N–H and O–H groups in total. The Hall–Kier alpha value is -2.37. The molecule has 2 aromatic rings. The minimum Gasteiger partial charge on any atom is -0.499 e. The summed E-state index contributed by atoms with van der Waals surface area (Å²) in [5.41, 5.74) is -0.988. The fraction of sp³-hybridized carbons (Fsp3) is 0.640. The van der Waals surface area contributed by atoms with E-state index in [1.165, 1.54) is 44.2 Å². The fourth-order valence-electron chi connectivity index (χ4n) is 4.06. The molecule has 1 fully saturated rings. The Kier molecular flexibility index (Phi) is 10.2. The topological polar surface area (TPSA) is 159 Å². The zero-order valence-corrected chi connectivity index (χ0v) is 20.0. The normalized spacial score (nSPS) is 24.5. The van der Waals surface area contributed by atoms with Crippen LogP contribution in [0.2, 0.25) is 0 Å². The number of benzene rings is 1. The van der Waals surface area contributed by atoms with Crippen LogP contribution in [0.15, 0.2) is 27.4 Å². The molecule has 1 aliphatic heterocycles. The number of hydrogen-bond donors (Lipinski definition) is 5. The van der Waals surface area contributed by atoms with Crippen LogP contribution in [0.3, 0.4) is 0 Å². The van der Waals surface area contributed by atoms with Crippen LogP contribution in [0.4, 0.5) is 0 Å². The maximum absolute atomic E-state index is 12.2. The van der Waals surface area contributed by atoms with Crippen LogP contribution in [0.25, 0.3) is 11.0 Å². The van der Waals surface area contributed by atoms with Gasteiger partial charge in [-0.2, -0.15) is 0 Å². The summed E-state index contributed by atoms with van der Waals surface area (Å²) in [4.78, 5) is 12.2. The van der Waals surface area contributed by atoms with Crippen molar-refractivity contribution in [1.82, 2.24) is 0 Å². The Labute approximate surface area is 203 Å². The number of ether oxygens (including phenoxy) is 3. The van der Waals surface area contributed by atoms with Crippen molar-refractivity contribution in [3.8, 4) is 17.2 Å². The molecule has 35 heavy (non-hydrogen) atoms. The third-order valence-corrected chi connectivity index (χ3v) is 6.16. The monoisotopic (exact) mass is 496 g/mol. The molecule has 0 amide bonds. The molecule has 0 saturated carbocycles. The van der Waals surface area contributed by atoms with Gasteiger partial charge in [0, 0.05) is 6.07 Å². The van der Waals surface area contributed by atoms with Gasteiger partial charge in [0.15, 0.2) is 5.75 Å². The van der Waals surface area contributed by atoms with E-state index in [-0.39, 0.29) is 16.7 Å². The minimum absolute atomic E-state index is 0.0841. The van der Waals surface area contributed by atoms with E-state index in [9.17, 15) is 30.3 Å². The molecular formula is C25H36O10. The van der Waals surface area contributed by atoms with Crippen LogP contribution < -0.4 is 15.1 Å². The first-order chi connectivity index (χ1) is 16.9. The average Bonchev–Trinajstić information content (AvgIpc) is 2.85. The molecule has 0 bridgehead atoms. The summed E-state index contributed by atoms with van der Waals surface area (Å²) in [6.45, 7) is 2.07. The first kappa shape index (κ1) is 27.2. The average molecular weight is 497 g/mol. The molecule has 10 heteroatoms. The van der Waals surface area contributed by atoms with Gasteiger partial charge in [-0.25, -0.2) is 4.79 Å². The van der Waals surface area contributed by atoms with Gasteiger partial charge in [0.2, 0.25) is 12.0 Å². The van der Waals surface area contributed by atoms with Crippen LogP contribution >= 0.6 is 0 Å². The SMILES string of the molecule is CCCCCCCCCCOc1ccc2c(O[C@H]3O[C@H](CO)[C@@H](O)[C@H](O)[C@@H]3O)c(O)c(=O)oc2c1. The van der Waals surface area contributed by atoms with E-state index >= 15 is 0 Å². The minimum atomic E-state index is -1.70. The quantitative estimate of drug-likeness (QED) is 0.205. The van der Waals surface area contributed by atoms with Crippen LogP contribution in [0.1, 0.15) is 58.3 Å². The van der Waals surface area contributed by atoms with E-state index in [1.54, 1.807) is 6.07 Å². The fourth-order valence-corrected chi connectivity index (χ4v) is 4.06. The number of rotatable bonds is 13. The summed E-state index contributed by atoms with van der Waals surface area (Å²) >= 11 is 0. The number of aliphatic hydroxyl groups is 4. The number of unbranched alkanes of at least 4 members (excludes halogenated alkanes) is 7. The zero-order valence-electron chi connectivity index (χ0n) is 20.0. The molecule has 10 nitrogen and oxygen atoms in total. The van der Waals surface area contributed by atoms with Crippen LogP contribution in [0, 0.1) is 0 Å². The molecule has 0 spiro atoms. The smallest absolute Gasteiger partial charge is 0.382 e. The maximum atomic E-state index is 12.2. The van der Waals surface area contributed by atoms with Crippen molar-refractivity contribution in [2.75, 3.05) is 13.2 Å². The third kappa shape index (κ3) is 6.86. The second kappa shape index (κ2) is 13.1. The highest BCUT2D eigenvalue weighted by Crippen LogP contribution is 2.36. The first-order valence-electron chi connectivity index (χ1n) is 12.3. The highest BCUT2D eigenvalue weighted by molar-refractivity contribution is 5.86. The van der Waals surface area contributed by atoms with Gasteiger partial charge in [-0.1, -0.05) is 51.9 Å².